The molecule has 144 valence electrons. The van der Waals surface area contributed by atoms with Gasteiger partial charge in [0.05, 0.1) is 5.69 Å². The van der Waals surface area contributed by atoms with Gasteiger partial charge in [0.1, 0.15) is 5.82 Å². The van der Waals surface area contributed by atoms with Crippen molar-refractivity contribution in [1.82, 2.24) is 14.8 Å². The van der Waals surface area contributed by atoms with Gasteiger partial charge in [-0.3, -0.25) is 14.7 Å². The van der Waals surface area contributed by atoms with E-state index in [1.807, 2.05) is 17.2 Å². The summed E-state index contributed by atoms with van der Waals surface area (Å²) in [5.74, 6) is 0.247. The summed E-state index contributed by atoms with van der Waals surface area (Å²) in [5, 5.41) is 0. The van der Waals surface area contributed by atoms with Gasteiger partial charge in [0.2, 0.25) is 5.91 Å². The largest absolute Gasteiger partial charge is 0.334 e. The third kappa shape index (κ3) is 4.92. The highest BCUT2D eigenvalue weighted by Gasteiger charge is 2.31. The van der Waals surface area contributed by atoms with Gasteiger partial charge >= 0.3 is 0 Å². The van der Waals surface area contributed by atoms with Crippen molar-refractivity contribution < 1.29 is 9.18 Å². The topological polar surface area (TPSA) is 36.4 Å². The average Bonchev–Trinajstić information content (AvgIpc) is 2.79. The third-order valence-electron chi connectivity index (χ3n) is 5.33. The molecule has 3 rings (SSSR count). The van der Waals surface area contributed by atoms with Gasteiger partial charge in [-0.1, -0.05) is 32.0 Å². The maximum Gasteiger partial charge on any atom is 0.224 e. The molecule has 0 unspecified atom stereocenters. The van der Waals surface area contributed by atoms with Crippen LogP contribution in [0.4, 0.5) is 4.39 Å². The Bertz CT molecular complexity index is 775. The van der Waals surface area contributed by atoms with Crippen molar-refractivity contribution >= 4 is 5.91 Å². The molecule has 1 amide bonds. The molecule has 4 nitrogen and oxygen atoms in total. The molecule has 0 spiro atoms. The Morgan fingerprint density at radius 2 is 1.93 bits per heavy atom. The van der Waals surface area contributed by atoms with Gasteiger partial charge in [0.25, 0.3) is 0 Å². The molecule has 1 aromatic carbocycles. The number of hydrogen-bond acceptors (Lipinski definition) is 3. The first-order valence-electron chi connectivity index (χ1n) is 9.61. The molecule has 1 atom stereocenters. The van der Waals surface area contributed by atoms with Gasteiger partial charge < -0.3 is 4.90 Å². The number of amides is 1. The monoisotopic (exact) mass is 369 g/mol. The van der Waals surface area contributed by atoms with E-state index in [4.69, 9.17) is 0 Å². The summed E-state index contributed by atoms with van der Waals surface area (Å²) in [6, 6.07) is 10.6. The van der Waals surface area contributed by atoms with Crippen LogP contribution in [0.1, 0.15) is 37.1 Å². The first kappa shape index (κ1) is 19.5. The fraction of sp³-hybridized carbons (Fsp3) is 0.455. The molecule has 1 aliphatic rings. The molecule has 2 aromatic rings. The SMILES string of the molecule is Cc1cccnc1CN1CCC(=O)N(Cc2ccc(F)cc2)[C@H](C(C)C)C1. The molecule has 0 bridgehead atoms. The fourth-order valence-electron chi connectivity index (χ4n) is 3.64. The molecule has 1 fully saturated rings. The first-order chi connectivity index (χ1) is 12.9. The van der Waals surface area contributed by atoms with Crippen molar-refractivity contribution in [3.05, 3.63) is 65.2 Å². The van der Waals surface area contributed by atoms with Crippen LogP contribution in [0.3, 0.4) is 0 Å². The number of aromatic nitrogens is 1. The quantitative estimate of drug-likeness (QED) is 0.805. The van der Waals surface area contributed by atoms with Crippen molar-refractivity contribution in [1.29, 1.82) is 0 Å². The Kier molecular flexibility index (Phi) is 6.22. The van der Waals surface area contributed by atoms with Gasteiger partial charge in [0.15, 0.2) is 0 Å². The predicted molar refractivity (Wildman–Crippen MR) is 104 cm³/mol. The summed E-state index contributed by atoms with van der Waals surface area (Å²) in [6.07, 6.45) is 2.32. The lowest BCUT2D eigenvalue weighted by Crippen LogP contribution is -2.45. The molecule has 0 radical (unpaired) electrons. The van der Waals surface area contributed by atoms with Gasteiger partial charge in [-0.25, -0.2) is 4.39 Å². The van der Waals surface area contributed by atoms with Gasteiger partial charge in [-0.15, -0.1) is 0 Å². The molecular weight excluding hydrogens is 341 g/mol. The number of pyridine rings is 1. The maximum atomic E-state index is 13.2. The number of hydrogen-bond donors (Lipinski definition) is 0. The van der Waals surface area contributed by atoms with E-state index in [1.54, 1.807) is 12.1 Å². The summed E-state index contributed by atoms with van der Waals surface area (Å²) >= 11 is 0. The normalized spacial score (nSPS) is 18.8. The van der Waals surface area contributed by atoms with Crippen LogP contribution >= 0.6 is 0 Å². The molecular formula is C22H28FN3O. The number of halogens is 1. The molecule has 0 saturated carbocycles. The highest BCUT2D eigenvalue weighted by molar-refractivity contribution is 5.77. The molecule has 1 aromatic heterocycles. The Balaban J connectivity index is 1.78. The molecule has 1 aliphatic heterocycles. The number of rotatable bonds is 5. The Hall–Kier alpha value is -2.27. The molecule has 27 heavy (non-hydrogen) atoms. The van der Waals surface area contributed by atoms with Crippen molar-refractivity contribution in [3.63, 3.8) is 0 Å². The lowest BCUT2D eigenvalue weighted by molar-refractivity contribution is -0.134. The molecule has 5 heteroatoms. The van der Waals surface area contributed by atoms with E-state index in [0.717, 1.165) is 30.9 Å². The summed E-state index contributed by atoms with van der Waals surface area (Å²) in [7, 11) is 0. The second-order valence-corrected chi connectivity index (χ2v) is 7.71. The van der Waals surface area contributed by atoms with Crippen LogP contribution in [0, 0.1) is 18.7 Å². The van der Waals surface area contributed by atoms with E-state index in [0.29, 0.717) is 18.9 Å². The summed E-state index contributed by atoms with van der Waals surface area (Å²) in [5.41, 5.74) is 3.21. The molecule has 1 saturated heterocycles. The van der Waals surface area contributed by atoms with Gasteiger partial charge in [-0.2, -0.15) is 0 Å². The lowest BCUT2D eigenvalue weighted by Gasteiger charge is -2.35. The Morgan fingerprint density at radius 1 is 1.19 bits per heavy atom. The van der Waals surface area contributed by atoms with E-state index in [-0.39, 0.29) is 17.8 Å². The van der Waals surface area contributed by atoms with Crippen LogP contribution in [-0.4, -0.2) is 39.8 Å². The van der Waals surface area contributed by atoms with Crippen molar-refractivity contribution in [2.45, 2.75) is 46.3 Å². The third-order valence-corrected chi connectivity index (χ3v) is 5.33. The number of nitrogens with zero attached hydrogens (tertiary/aromatic N) is 3. The van der Waals surface area contributed by atoms with Crippen LogP contribution in [0.25, 0.3) is 0 Å². The van der Waals surface area contributed by atoms with Crippen LogP contribution in [0.5, 0.6) is 0 Å². The zero-order valence-corrected chi connectivity index (χ0v) is 16.4. The molecule has 0 aliphatic carbocycles. The van der Waals surface area contributed by atoms with E-state index in [9.17, 15) is 9.18 Å². The number of aryl methyl sites for hydroxylation is 1. The van der Waals surface area contributed by atoms with Crippen molar-refractivity contribution in [2.24, 2.45) is 5.92 Å². The predicted octanol–water partition coefficient (Wildman–Crippen LogP) is 3.79. The van der Waals surface area contributed by atoms with Gasteiger partial charge in [-0.05, 0) is 42.2 Å². The summed E-state index contributed by atoms with van der Waals surface area (Å²) in [6.45, 7) is 9.23. The minimum atomic E-state index is -0.252. The molecule has 2 heterocycles. The number of carbonyl (C=O) groups excluding carboxylic acids is 1. The maximum absolute atomic E-state index is 13.2. The lowest BCUT2D eigenvalue weighted by atomic mass is 10.0. The van der Waals surface area contributed by atoms with E-state index in [1.165, 1.54) is 17.7 Å². The minimum absolute atomic E-state index is 0.120. The van der Waals surface area contributed by atoms with Crippen LogP contribution in [0.15, 0.2) is 42.6 Å². The average molecular weight is 369 g/mol. The Morgan fingerprint density at radius 3 is 2.59 bits per heavy atom. The zero-order chi connectivity index (χ0) is 19.4. The zero-order valence-electron chi connectivity index (χ0n) is 16.4. The Labute approximate surface area is 161 Å². The minimum Gasteiger partial charge on any atom is -0.334 e. The second kappa shape index (κ2) is 8.61. The van der Waals surface area contributed by atoms with Gasteiger partial charge in [0, 0.05) is 44.8 Å². The van der Waals surface area contributed by atoms with Crippen LogP contribution in [-0.2, 0) is 17.9 Å². The van der Waals surface area contributed by atoms with Crippen LogP contribution in [0.2, 0.25) is 0 Å². The highest BCUT2D eigenvalue weighted by Crippen LogP contribution is 2.22. The smallest absolute Gasteiger partial charge is 0.224 e. The van der Waals surface area contributed by atoms with Crippen molar-refractivity contribution in [3.8, 4) is 0 Å². The summed E-state index contributed by atoms with van der Waals surface area (Å²) in [4.78, 5) is 21.7. The van der Waals surface area contributed by atoms with E-state index >= 15 is 0 Å². The standard InChI is InChI=1S/C22H28FN3O/c1-16(2)21-15-25(14-20-17(3)5-4-11-24-20)12-10-22(27)26(21)13-18-6-8-19(23)9-7-18/h4-9,11,16,21H,10,12-15H2,1-3H3/t21-/m0/s1. The highest BCUT2D eigenvalue weighted by atomic mass is 19.1. The molecule has 0 N–H and O–H groups in total. The number of benzene rings is 1. The summed E-state index contributed by atoms with van der Waals surface area (Å²) < 4.78 is 13.2. The second-order valence-electron chi connectivity index (χ2n) is 7.71. The van der Waals surface area contributed by atoms with E-state index < -0.39 is 0 Å². The van der Waals surface area contributed by atoms with Crippen molar-refractivity contribution in [2.75, 3.05) is 13.1 Å². The number of carbonyl (C=O) groups is 1. The van der Waals surface area contributed by atoms with Crippen LogP contribution < -0.4 is 0 Å². The van der Waals surface area contributed by atoms with E-state index in [2.05, 4.69) is 36.7 Å². The fourth-order valence-corrected chi connectivity index (χ4v) is 3.64. The first-order valence-corrected chi connectivity index (χ1v) is 9.61.